The van der Waals surface area contributed by atoms with Gasteiger partial charge < -0.3 is 9.67 Å². The number of hydrogen-bond acceptors (Lipinski definition) is 4. The number of aromatic nitrogens is 1. The van der Waals surface area contributed by atoms with Crippen LogP contribution in [0.5, 0.6) is 0 Å². The van der Waals surface area contributed by atoms with Gasteiger partial charge in [-0.3, -0.25) is 4.79 Å². The minimum Gasteiger partial charge on any atom is -0.324 e. The first-order valence-corrected chi connectivity index (χ1v) is 11.4. The molecule has 6 nitrogen and oxygen atoms in total. The van der Waals surface area contributed by atoms with Crippen LogP contribution in [0.1, 0.15) is 18.1 Å². The van der Waals surface area contributed by atoms with E-state index >= 15 is 0 Å². The Kier molecular flexibility index (Phi) is 7.92. The topological polar surface area (TPSA) is 83.7 Å². The van der Waals surface area contributed by atoms with E-state index in [4.69, 9.17) is 9.90 Å². The fraction of sp³-hybridized carbons (Fsp3) is 0.0870. The van der Waals surface area contributed by atoms with Gasteiger partial charge in [0, 0.05) is 19.3 Å². The second-order valence-electron chi connectivity index (χ2n) is 6.98. The number of thioether (sulfide) groups is 1. The number of aliphatic imine (C=N–C) groups is 1. The van der Waals surface area contributed by atoms with E-state index in [9.17, 15) is 4.79 Å². The molecular formula is C23H20N3NaO3S. The normalized spacial score (nSPS) is 14.1. The molecule has 4 rings (SSSR count). The SMILES string of the molecule is CC(=O)O.Cc1ccc(/C=C2/SC(Nc3cc[c]([Na])cc3)=NC2=O)cc1-n1cccc1. The molecule has 2 aromatic carbocycles. The van der Waals surface area contributed by atoms with Gasteiger partial charge in [0.15, 0.2) is 0 Å². The van der Waals surface area contributed by atoms with E-state index in [0.29, 0.717) is 10.1 Å². The van der Waals surface area contributed by atoms with Gasteiger partial charge in [0.1, 0.15) is 0 Å². The standard InChI is InChI=1S/C21H16N3OS.C2H4O2.Na/c1-15-9-10-16(13-18(15)24-11-5-6-12-24)14-19-20(25)23-21(26-19)22-17-7-3-2-4-8-17;1-2(3)4;/h3-14H,1H3,(H,22,23,25);1H3,(H,3,4);/b19-14+;;. The summed E-state index contributed by atoms with van der Waals surface area (Å²) in [6, 6.07) is 18.4. The monoisotopic (exact) mass is 441 g/mol. The molecule has 0 saturated heterocycles. The fourth-order valence-corrected chi connectivity index (χ4v) is 4.03. The number of amidine groups is 1. The number of nitrogens with one attached hydrogen (secondary N) is 1. The van der Waals surface area contributed by atoms with Crippen LogP contribution in [-0.4, -0.2) is 54.6 Å². The van der Waals surface area contributed by atoms with Gasteiger partial charge in [-0.15, -0.1) is 0 Å². The van der Waals surface area contributed by atoms with Crippen molar-refractivity contribution in [1.82, 2.24) is 4.57 Å². The van der Waals surface area contributed by atoms with Crippen molar-refractivity contribution < 1.29 is 14.7 Å². The summed E-state index contributed by atoms with van der Waals surface area (Å²) in [5.41, 5.74) is 4.21. The van der Waals surface area contributed by atoms with Crippen LogP contribution < -0.4 is 8.13 Å². The van der Waals surface area contributed by atoms with Crippen molar-refractivity contribution in [3.05, 3.63) is 83.0 Å². The van der Waals surface area contributed by atoms with Crippen LogP contribution in [0.25, 0.3) is 11.8 Å². The summed E-state index contributed by atoms with van der Waals surface area (Å²) in [5.74, 6) is -1.04. The van der Waals surface area contributed by atoms with Crippen molar-refractivity contribution in [2.45, 2.75) is 13.8 Å². The number of aryl methyl sites for hydroxylation is 1. The van der Waals surface area contributed by atoms with Crippen molar-refractivity contribution >= 4 is 71.3 Å². The molecule has 0 saturated carbocycles. The van der Waals surface area contributed by atoms with E-state index in [-0.39, 0.29) is 5.91 Å². The van der Waals surface area contributed by atoms with Crippen LogP contribution in [0.4, 0.5) is 5.69 Å². The van der Waals surface area contributed by atoms with Gasteiger partial charge in [-0.25, -0.2) is 0 Å². The summed E-state index contributed by atoms with van der Waals surface area (Å²) < 4.78 is 3.40. The Balaban J connectivity index is 0.000000628. The first kappa shape index (κ1) is 23.1. The van der Waals surface area contributed by atoms with Crippen LogP contribution in [0.15, 0.2) is 76.9 Å². The summed E-state index contributed by atoms with van der Waals surface area (Å²) in [5, 5.41) is 11.3. The number of aliphatic carboxylic acids is 1. The predicted molar refractivity (Wildman–Crippen MR) is 127 cm³/mol. The molecule has 31 heavy (non-hydrogen) atoms. The number of nitrogens with zero attached hydrogens (tertiary/aromatic N) is 2. The predicted octanol–water partition coefficient (Wildman–Crippen LogP) is 3.75. The number of carbonyl (C=O) groups excluding carboxylic acids is 1. The average Bonchev–Trinajstić information content (AvgIpc) is 3.35. The smallest absolute Gasteiger partial charge is 0.324 e. The van der Waals surface area contributed by atoms with Gasteiger partial charge in [0.2, 0.25) is 0 Å². The first-order chi connectivity index (χ1) is 14.8. The number of carbonyl (C=O) groups is 2. The summed E-state index contributed by atoms with van der Waals surface area (Å²) in [6.45, 7) is 3.16. The molecular weight excluding hydrogens is 421 g/mol. The molecule has 0 unspecified atom stereocenters. The molecule has 152 valence electrons. The van der Waals surface area contributed by atoms with E-state index in [0.717, 1.165) is 51.8 Å². The maximum absolute atomic E-state index is 12.3. The van der Waals surface area contributed by atoms with Gasteiger partial charge in [-0.1, -0.05) is 0 Å². The molecule has 0 atom stereocenters. The molecule has 1 aliphatic rings. The molecule has 1 aromatic heterocycles. The van der Waals surface area contributed by atoms with Crippen LogP contribution >= 0.6 is 11.8 Å². The maximum atomic E-state index is 12.3. The molecule has 0 radical (unpaired) electrons. The first-order valence-electron chi connectivity index (χ1n) is 9.61. The van der Waals surface area contributed by atoms with Crippen molar-refractivity contribution in [3.63, 3.8) is 0 Å². The summed E-state index contributed by atoms with van der Waals surface area (Å²) in [6.07, 6.45) is 5.94. The number of carboxylic acid groups (broad SMARTS) is 1. The minimum atomic E-state index is -0.833. The van der Waals surface area contributed by atoms with Crippen LogP contribution in [0.2, 0.25) is 0 Å². The third-order valence-electron chi connectivity index (χ3n) is 4.34. The van der Waals surface area contributed by atoms with Gasteiger partial charge in [0.05, 0.1) is 0 Å². The second-order valence-corrected chi connectivity index (χ2v) is 9.16. The Morgan fingerprint density at radius 1 is 1.16 bits per heavy atom. The van der Waals surface area contributed by atoms with E-state index < -0.39 is 5.97 Å². The average molecular weight is 441 g/mol. The summed E-state index contributed by atoms with van der Waals surface area (Å²) in [4.78, 5) is 26.1. The van der Waals surface area contributed by atoms with Crippen LogP contribution in [-0.2, 0) is 9.59 Å². The van der Waals surface area contributed by atoms with E-state index in [1.54, 1.807) is 0 Å². The molecule has 0 aliphatic carbocycles. The van der Waals surface area contributed by atoms with Crippen LogP contribution in [0.3, 0.4) is 0 Å². The number of benzene rings is 2. The van der Waals surface area contributed by atoms with Crippen molar-refractivity contribution in [2.75, 3.05) is 5.32 Å². The minimum absolute atomic E-state index is 0.204. The zero-order valence-electron chi connectivity index (χ0n) is 17.5. The number of carboxylic acids is 1. The number of amides is 1. The molecule has 0 spiro atoms. The molecule has 1 aliphatic heterocycles. The third-order valence-corrected chi connectivity index (χ3v) is 5.90. The quantitative estimate of drug-likeness (QED) is 0.478. The Hall–Kier alpha value is -2.58. The van der Waals surface area contributed by atoms with Gasteiger partial charge >= 0.3 is 139 Å². The molecule has 0 fully saturated rings. The van der Waals surface area contributed by atoms with E-state index in [1.165, 1.54) is 20.1 Å². The summed E-state index contributed by atoms with van der Waals surface area (Å²) >= 11 is 2.40. The molecule has 2 N–H and O–H groups in total. The number of anilines is 1. The van der Waals surface area contributed by atoms with Gasteiger partial charge in [0.25, 0.3) is 5.97 Å². The zero-order valence-corrected chi connectivity index (χ0v) is 20.3. The van der Waals surface area contributed by atoms with Gasteiger partial charge in [-0.05, 0) is 24.6 Å². The summed E-state index contributed by atoms with van der Waals surface area (Å²) in [7, 11) is 0. The van der Waals surface area contributed by atoms with Crippen LogP contribution in [0, 0.1) is 6.92 Å². The van der Waals surface area contributed by atoms with Crippen molar-refractivity contribution in [3.8, 4) is 5.69 Å². The molecule has 3 aromatic rings. The number of hydrogen-bond donors (Lipinski definition) is 2. The molecule has 1 amide bonds. The molecule has 2 heterocycles. The third kappa shape index (κ3) is 6.70. The van der Waals surface area contributed by atoms with Crippen molar-refractivity contribution in [1.29, 1.82) is 0 Å². The Morgan fingerprint density at radius 2 is 1.81 bits per heavy atom. The Bertz CT molecular complexity index is 1150. The number of rotatable bonds is 3. The Morgan fingerprint density at radius 3 is 2.45 bits per heavy atom. The zero-order chi connectivity index (χ0) is 22.4. The van der Waals surface area contributed by atoms with E-state index in [1.807, 2.05) is 48.8 Å². The fourth-order valence-electron chi connectivity index (χ4n) is 2.86. The Labute approximate surface area is 202 Å². The van der Waals surface area contributed by atoms with E-state index in [2.05, 4.69) is 46.1 Å². The van der Waals surface area contributed by atoms with Gasteiger partial charge in [-0.2, -0.15) is 0 Å². The second kappa shape index (κ2) is 10.6. The van der Waals surface area contributed by atoms with Crippen molar-refractivity contribution in [2.24, 2.45) is 4.99 Å². The molecule has 8 heteroatoms. The molecule has 0 bridgehead atoms.